The summed E-state index contributed by atoms with van der Waals surface area (Å²) in [6.07, 6.45) is 3.85. The number of hydrogen-bond donors (Lipinski definition) is 2. The molecule has 0 bridgehead atoms. The van der Waals surface area contributed by atoms with Crippen LogP contribution in [0.5, 0.6) is 11.5 Å². The number of hydrogen-bond acceptors (Lipinski definition) is 3. The normalized spacial score (nSPS) is 26.4. The van der Waals surface area contributed by atoms with Gasteiger partial charge in [-0.15, -0.1) is 0 Å². The standard InChI is InChI=1S/C17H27NO2/c1-4-20-17-10-14(6-8-16(17)19)11-18-15-7-5-12(2)13(3)9-15/h6,8,10,12-13,15,18-19H,4-5,7,9,11H2,1-3H3. The Bertz CT molecular complexity index is 433. The first kappa shape index (κ1) is 15.2. The number of phenols is 1. The monoisotopic (exact) mass is 277 g/mol. The van der Waals surface area contributed by atoms with Gasteiger partial charge in [0.15, 0.2) is 11.5 Å². The fraction of sp³-hybridized carbons (Fsp3) is 0.647. The minimum atomic E-state index is 0.218. The Morgan fingerprint density at radius 3 is 2.75 bits per heavy atom. The van der Waals surface area contributed by atoms with Gasteiger partial charge in [-0.25, -0.2) is 0 Å². The van der Waals surface area contributed by atoms with E-state index in [1.807, 2.05) is 19.1 Å². The highest BCUT2D eigenvalue weighted by Crippen LogP contribution is 2.30. The molecule has 3 heteroatoms. The third kappa shape index (κ3) is 3.89. The number of phenolic OH excluding ortho intramolecular Hbond substituents is 1. The summed E-state index contributed by atoms with van der Waals surface area (Å²) < 4.78 is 5.42. The predicted molar refractivity (Wildman–Crippen MR) is 82.1 cm³/mol. The van der Waals surface area contributed by atoms with Gasteiger partial charge in [-0.05, 0) is 55.7 Å². The zero-order valence-electron chi connectivity index (χ0n) is 12.9. The number of benzene rings is 1. The molecule has 1 aliphatic carbocycles. The van der Waals surface area contributed by atoms with Crippen LogP contribution >= 0.6 is 0 Å². The van der Waals surface area contributed by atoms with Gasteiger partial charge in [-0.3, -0.25) is 0 Å². The average Bonchev–Trinajstić information content (AvgIpc) is 2.43. The second-order valence-corrected chi connectivity index (χ2v) is 6.08. The van der Waals surface area contributed by atoms with Crippen molar-refractivity contribution >= 4 is 0 Å². The Morgan fingerprint density at radius 1 is 1.25 bits per heavy atom. The van der Waals surface area contributed by atoms with E-state index >= 15 is 0 Å². The van der Waals surface area contributed by atoms with Gasteiger partial charge in [0.05, 0.1) is 6.61 Å². The minimum Gasteiger partial charge on any atom is -0.504 e. The quantitative estimate of drug-likeness (QED) is 0.862. The van der Waals surface area contributed by atoms with Crippen LogP contribution in [0.3, 0.4) is 0 Å². The van der Waals surface area contributed by atoms with Crippen molar-refractivity contribution in [3.8, 4) is 11.5 Å². The van der Waals surface area contributed by atoms with Gasteiger partial charge >= 0.3 is 0 Å². The molecule has 0 heterocycles. The van der Waals surface area contributed by atoms with Crippen LogP contribution in [0.15, 0.2) is 18.2 Å². The van der Waals surface area contributed by atoms with E-state index in [2.05, 4.69) is 19.2 Å². The molecule has 2 N–H and O–H groups in total. The Hall–Kier alpha value is -1.22. The summed E-state index contributed by atoms with van der Waals surface area (Å²) in [6.45, 7) is 8.05. The van der Waals surface area contributed by atoms with E-state index < -0.39 is 0 Å². The van der Waals surface area contributed by atoms with Crippen molar-refractivity contribution in [1.29, 1.82) is 0 Å². The predicted octanol–water partition coefficient (Wildman–Crippen LogP) is 3.71. The zero-order valence-corrected chi connectivity index (χ0v) is 12.9. The van der Waals surface area contributed by atoms with E-state index in [-0.39, 0.29) is 5.75 Å². The molecule has 1 saturated carbocycles. The van der Waals surface area contributed by atoms with Crippen molar-refractivity contribution in [3.63, 3.8) is 0 Å². The zero-order chi connectivity index (χ0) is 14.5. The Kier molecular flexibility index (Phi) is 5.30. The molecule has 1 aromatic rings. The van der Waals surface area contributed by atoms with Crippen molar-refractivity contribution in [2.24, 2.45) is 11.8 Å². The number of aromatic hydroxyl groups is 1. The second kappa shape index (κ2) is 6.98. The van der Waals surface area contributed by atoms with Gasteiger partial charge in [-0.2, -0.15) is 0 Å². The van der Waals surface area contributed by atoms with E-state index in [0.29, 0.717) is 18.4 Å². The summed E-state index contributed by atoms with van der Waals surface area (Å²) in [5.74, 6) is 2.46. The van der Waals surface area contributed by atoms with Crippen LogP contribution in [0.25, 0.3) is 0 Å². The van der Waals surface area contributed by atoms with Crippen molar-refractivity contribution in [3.05, 3.63) is 23.8 Å². The molecule has 0 spiro atoms. The summed E-state index contributed by atoms with van der Waals surface area (Å²) in [7, 11) is 0. The van der Waals surface area contributed by atoms with Gasteiger partial charge in [0, 0.05) is 12.6 Å². The van der Waals surface area contributed by atoms with Gasteiger partial charge < -0.3 is 15.2 Å². The second-order valence-electron chi connectivity index (χ2n) is 6.08. The van der Waals surface area contributed by atoms with Crippen molar-refractivity contribution in [2.75, 3.05) is 6.61 Å². The molecule has 0 aromatic heterocycles. The molecule has 3 nitrogen and oxygen atoms in total. The highest BCUT2D eigenvalue weighted by atomic mass is 16.5. The van der Waals surface area contributed by atoms with Gasteiger partial charge in [0.2, 0.25) is 0 Å². The molecule has 0 aliphatic heterocycles. The van der Waals surface area contributed by atoms with Crippen LogP contribution in [0.1, 0.15) is 45.6 Å². The Balaban J connectivity index is 1.89. The molecule has 1 aliphatic rings. The molecule has 3 unspecified atom stereocenters. The maximum Gasteiger partial charge on any atom is 0.161 e. The molecule has 0 amide bonds. The number of ether oxygens (including phenoxy) is 1. The van der Waals surface area contributed by atoms with Crippen LogP contribution in [0, 0.1) is 11.8 Å². The van der Waals surface area contributed by atoms with Crippen molar-refractivity contribution < 1.29 is 9.84 Å². The third-order valence-corrected chi connectivity index (χ3v) is 4.52. The van der Waals surface area contributed by atoms with E-state index in [0.717, 1.165) is 23.9 Å². The van der Waals surface area contributed by atoms with E-state index in [4.69, 9.17) is 4.74 Å². The summed E-state index contributed by atoms with van der Waals surface area (Å²) in [6, 6.07) is 6.22. The SMILES string of the molecule is CCOc1cc(CNC2CCC(C)C(C)C2)ccc1O. The number of rotatable bonds is 5. The maximum absolute atomic E-state index is 9.70. The first-order valence-corrected chi connectivity index (χ1v) is 7.78. The van der Waals surface area contributed by atoms with E-state index in [9.17, 15) is 5.11 Å². The fourth-order valence-corrected chi connectivity index (χ4v) is 2.93. The van der Waals surface area contributed by atoms with E-state index in [1.54, 1.807) is 6.07 Å². The minimum absolute atomic E-state index is 0.218. The highest BCUT2D eigenvalue weighted by molar-refractivity contribution is 5.41. The lowest BCUT2D eigenvalue weighted by atomic mass is 9.79. The van der Waals surface area contributed by atoms with E-state index in [1.165, 1.54) is 19.3 Å². The summed E-state index contributed by atoms with van der Waals surface area (Å²) in [5.41, 5.74) is 1.16. The number of nitrogens with one attached hydrogen (secondary N) is 1. The van der Waals surface area contributed by atoms with Crippen molar-refractivity contribution in [2.45, 2.75) is 52.6 Å². The first-order valence-electron chi connectivity index (χ1n) is 7.78. The molecule has 20 heavy (non-hydrogen) atoms. The molecule has 112 valence electrons. The van der Waals surface area contributed by atoms with Gasteiger partial charge in [0.1, 0.15) is 0 Å². The Labute approximate surface area is 122 Å². The highest BCUT2D eigenvalue weighted by Gasteiger charge is 2.23. The third-order valence-electron chi connectivity index (χ3n) is 4.52. The largest absolute Gasteiger partial charge is 0.504 e. The smallest absolute Gasteiger partial charge is 0.161 e. The van der Waals surface area contributed by atoms with Gasteiger partial charge in [0.25, 0.3) is 0 Å². The first-order chi connectivity index (χ1) is 9.60. The summed E-state index contributed by atoms with van der Waals surface area (Å²) >= 11 is 0. The van der Waals surface area contributed by atoms with Crippen LogP contribution in [-0.2, 0) is 6.54 Å². The lowest BCUT2D eigenvalue weighted by Crippen LogP contribution is -2.35. The average molecular weight is 277 g/mol. The molecular formula is C17H27NO2. The molecule has 2 rings (SSSR count). The van der Waals surface area contributed by atoms with Crippen molar-refractivity contribution in [1.82, 2.24) is 5.32 Å². The lowest BCUT2D eigenvalue weighted by molar-refractivity contribution is 0.225. The Morgan fingerprint density at radius 2 is 2.05 bits per heavy atom. The topological polar surface area (TPSA) is 41.5 Å². The lowest BCUT2D eigenvalue weighted by Gasteiger charge is -2.32. The maximum atomic E-state index is 9.70. The van der Waals surface area contributed by atoms with Crippen LogP contribution < -0.4 is 10.1 Å². The molecular weight excluding hydrogens is 250 g/mol. The molecule has 3 atom stereocenters. The van der Waals surface area contributed by atoms with Crippen LogP contribution in [-0.4, -0.2) is 17.8 Å². The van der Waals surface area contributed by atoms with Crippen LogP contribution in [0.2, 0.25) is 0 Å². The van der Waals surface area contributed by atoms with Gasteiger partial charge in [-0.1, -0.05) is 19.9 Å². The summed E-state index contributed by atoms with van der Waals surface area (Å²) in [5, 5.41) is 13.3. The molecule has 1 fully saturated rings. The molecule has 0 radical (unpaired) electrons. The molecule has 0 saturated heterocycles. The molecule has 1 aromatic carbocycles. The van der Waals surface area contributed by atoms with Crippen LogP contribution in [0.4, 0.5) is 0 Å². The fourth-order valence-electron chi connectivity index (χ4n) is 2.93. The summed E-state index contributed by atoms with van der Waals surface area (Å²) in [4.78, 5) is 0.